The molecule has 1 amide bonds. The maximum Gasteiger partial charge on any atom is 0.266 e. The van der Waals surface area contributed by atoms with Crippen LogP contribution in [0.15, 0.2) is 77.6 Å². The minimum Gasteiger partial charge on any atom is -0.492 e. The average molecular weight is 556 g/mol. The van der Waals surface area contributed by atoms with Gasteiger partial charge in [0.25, 0.3) is 11.5 Å². The van der Waals surface area contributed by atoms with Crippen LogP contribution in [0.2, 0.25) is 0 Å². The number of amides is 1. The van der Waals surface area contributed by atoms with E-state index >= 15 is 0 Å². The molecular weight excluding hydrogens is 518 g/mol. The molecule has 41 heavy (non-hydrogen) atoms. The Balaban J connectivity index is 1.26. The Morgan fingerprint density at radius 2 is 1.63 bits per heavy atom. The van der Waals surface area contributed by atoms with Crippen molar-refractivity contribution in [3.05, 3.63) is 94.5 Å². The van der Waals surface area contributed by atoms with Gasteiger partial charge in [-0.15, -0.1) is 0 Å². The third-order valence-electron chi connectivity index (χ3n) is 7.21. The molecule has 1 N–H and O–H groups in total. The maximum atomic E-state index is 13.7. The summed E-state index contributed by atoms with van der Waals surface area (Å²) in [6.45, 7) is 9.19. The van der Waals surface area contributed by atoms with E-state index in [4.69, 9.17) is 14.5 Å². The van der Waals surface area contributed by atoms with Crippen molar-refractivity contribution in [1.29, 1.82) is 0 Å². The highest BCUT2D eigenvalue weighted by molar-refractivity contribution is 5.78. The Hall–Kier alpha value is -4.21. The number of nitrogens with one attached hydrogen (secondary N) is 1. The zero-order valence-electron chi connectivity index (χ0n) is 23.7. The van der Waals surface area contributed by atoms with E-state index in [0.717, 1.165) is 13.1 Å². The third kappa shape index (κ3) is 6.75. The highest BCUT2D eigenvalue weighted by Crippen LogP contribution is 2.24. The van der Waals surface area contributed by atoms with Crippen molar-refractivity contribution in [2.24, 2.45) is 0 Å². The summed E-state index contributed by atoms with van der Waals surface area (Å²) in [6.07, 6.45) is 0. The molecule has 4 aromatic rings. The van der Waals surface area contributed by atoms with E-state index < -0.39 is 0 Å². The number of para-hydroxylation sites is 3. The molecule has 0 unspecified atom stereocenters. The van der Waals surface area contributed by atoms with Crippen LogP contribution < -0.4 is 20.3 Å². The molecule has 214 valence electrons. The molecule has 9 heteroatoms. The molecular formula is C32H37N5O4. The summed E-state index contributed by atoms with van der Waals surface area (Å²) >= 11 is 0. The second-order valence-electron chi connectivity index (χ2n) is 9.96. The predicted octanol–water partition coefficient (Wildman–Crippen LogP) is 3.62. The molecule has 1 aromatic heterocycles. The molecule has 2 heterocycles. The molecule has 0 atom stereocenters. The number of nitrogens with zero attached hydrogens (tertiary/aromatic N) is 4. The summed E-state index contributed by atoms with van der Waals surface area (Å²) in [4.78, 5) is 35.6. The van der Waals surface area contributed by atoms with E-state index in [0.29, 0.717) is 73.2 Å². The van der Waals surface area contributed by atoms with Crippen molar-refractivity contribution in [1.82, 2.24) is 24.7 Å². The summed E-state index contributed by atoms with van der Waals surface area (Å²) in [7, 11) is 0. The van der Waals surface area contributed by atoms with Crippen molar-refractivity contribution in [2.75, 3.05) is 45.9 Å². The van der Waals surface area contributed by atoms with Crippen molar-refractivity contribution in [3.63, 3.8) is 0 Å². The van der Waals surface area contributed by atoms with Gasteiger partial charge in [-0.05, 0) is 55.4 Å². The van der Waals surface area contributed by atoms with Crippen LogP contribution in [0.3, 0.4) is 0 Å². The lowest BCUT2D eigenvalue weighted by Gasteiger charge is -2.34. The number of rotatable bonds is 11. The molecule has 3 aromatic carbocycles. The Kier molecular flexibility index (Phi) is 9.28. The fourth-order valence-electron chi connectivity index (χ4n) is 5.02. The zero-order valence-corrected chi connectivity index (χ0v) is 23.7. The lowest BCUT2D eigenvalue weighted by atomic mass is 10.2. The zero-order chi connectivity index (χ0) is 28.6. The fourth-order valence-corrected chi connectivity index (χ4v) is 5.02. The largest absolute Gasteiger partial charge is 0.492 e. The number of hydrogen-bond acceptors (Lipinski definition) is 7. The van der Waals surface area contributed by atoms with Gasteiger partial charge in [0.1, 0.15) is 17.3 Å². The van der Waals surface area contributed by atoms with Crippen LogP contribution in [0, 0.1) is 0 Å². The number of carbonyl (C=O) groups is 1. The number of aromatic nitrogens is 2. The molecule has 5 rings (SSSR count). The summed E-state index contributed by atoms with van der Waals surface area (Å²) in [5, 5.41) is 3.85. The normalized spacial score (nSPS) is 13.9. The molecule has 1 fully saturated rings. The molecule has 0 bridgehead atoms. The van der Waals surface area contributed by atoms with E-state index in [1.165, 1.54) is 5.56 Å². The van der Waals surface area contributed by atoms with Gasteiger partial charge in [-0.25, -0.2) is 4.98 Å². The number of benzene rings is 3. The molecule has 0 aliphatic carbocycles. The SMILES string of the molecule is CCNCc1ccc(OCC(=O)N2CCN(Cc3nc4ccccc4c(=O)n3-c3ccccc3OCC)CC2)cc1. The summed E-state index contributed by atoms with van der Waals surface area (Å²) < 4.78 is 13.3. The summed E-state index contributed by atoms with van der Waals surface area (Å²) in [5.41, 5.74) is 2.39. The topological polar surface area (TPSA) is 88.9 Å². The van der Waals surface area contributed by atoms with Gasteiger partial charge >= 0.3 is 0 Å². The number of fused-ring (bicyclic) bond motifs is 1. The van der Waals surface area contributed by atoms with E-state index in [-0.39, 0.29) is 18.1 Å². The Labute approximate surface area is 240 Å². The monoisotopic (exact) mass is 555 g/mol. The second-order valence-corrected chi connectivity index (χ2v) is 9.96. The lowest BCUT2D eigenvalue weighted by molar-refractivity contribution is -0.135. The smallest absolute Gasteiger partial charge is 0.266 e. The quantitative estimate of drug-likeness (QED) is 0.302. The molecule has 0 radical (unpaired) electrons. The fraction of sp³-hybridized carbons (Fsp3) is 0.344. The first-order valence-electron chi connectivity index (χ1n) is 14.2. The van der Waals surface area contributed by atoms with Gasteiger partial charge in [0.05, 0.1) is 29.7 Å². The van der Waals surface area contributed by atoms with Gasteiger partial charge in [0.2, 0.25) is 0 Å². The van der Waals surface area contributed by atoms with Crippen molar-refractivity contribution >= 4 is 16.8 Å². The highest BCUT2D eigenvalue weighted by Gasteiger charge is 2.24. The minimum atomic E-state index is -0.127. The van der Waals surface area contributed by atoms with Crippen LogP contribution in [0.5, 0.6) is 11.5 Å². The van der Waals surface area contributed by atoms with E-state index in [1.807, 2.05) is 78.6 Å². The number of carbonyl (C=O) groups excluding carboxylic acids is 1. The van der Waals surface area contributed by atoms with Gasteiger partial charge in [0, 0.05) is 32.7 Å². The van der Waals surface area contributed by atoms with E-state index in [9.17, 15) is 9.59 Å². The van der Waals surface area contributed by atoms with Gasteiger partial charge in [-0.3, -0.25) is 19.1 Å². The Morgan fingerprint density at radius 1 is 0.902 bits per heavy atom. The molecule has 1 aliphatic heterocycles. The van der Waals surface area contributed by atoms with Crippen LogP contribution in [-0.4, -0.2) is 71.2 Å². The first kappa shape index (κ1) is 28.3. The summed E-state index contributed by atoms with van der Waals surface area (Å²) in [6, 6.07) is 22.8. The van der Waals surface area contributed by atoms with Crippen molar-refractivity contribution < 1.29 is 14.3 Å². The Bertz CT molecular complexity index is 1530. The number of ether oxygens (including phenoxy) is 2. The van der Waals surface area contributed by atoms with E-state index in [2.05, 4.69) is 17.1 Å². The van der Waals surface area contributed by atoms with Gasteiger partial charge in [-0.1, -0.05) is 43.3 Å². The minimum absolute atomic E-state index is 0.00649. The average Bonchev–Trinajstić information content (AvgIpc) is 3.00. The van der Waals surface area contributed by atoms with Crippen LogP contribution in [0.25, 0.3) is 16.6 Å². The first-order valence-corrected chi connectivity index (χ1v) is 14.2. The van der Waals surface area contributed by atoms with Gasteiger partial charge in [-0.2, -0.15) is 0 Å². The van der Waals surface area contributed by atoms with Gasteiger partial charge < -0.3 is 19.7 Å². The molecule has 1 saturated heterocycles. The number of piperazine rings is 1. The van der Waals surface area contributed by atoms with Crippen LogP contribution >= 0.6 is 0 Å². The van der Waals surface area contributed by atoms with E-state index in [1.54, 1.807) is 10.6 Å². The molecule has 1 aliphatic rings. The van der Waals surface area contributed by atoms with Gasteiger partial charge in [0.15, 0.2) is 6.61 Å². The number of hydrogen-bond donors (Lipinski definition) is 1. The first-order chi connectivity index (χ1) is 20.1. The molecule has 0 spiro atoms. The van der Waals surface area contributed by atoms with Crippen LogP contribution in [0.4, 0.5) is 0 Å². The Morgan fingerprint density at radius 3 is 2.39 bits per heavy atom. The standard InChI is InChI=1S/C32H37N5O4/c1-3-33-21-24-13-15-25(16-14-24)41-23-31(38)36-19-17-35(18-20-36)22-30-34-27-10-6-5-9-26(27)32(39)37(30)28-11-7-8-12-29(28)40-4-2/h5-16,33H,3-4,17-23H2,1-2H3. The third-order valence-corrected chi connectivity index (χ3v) is 7.21. The lowest BCUT2D eigenvalue weighted by Crippen LogP contribution is -2.50. The van der Waals surface area contributed by atoms with Crippen LogP contribution in [0.1, 0.15) is 25.2 Å². The van der Waals surface area contributed by atoms with Crippen molar-refractivity contribution in [3.8, 4) is 17.2 Å². The van der Waals surface area contributed by atoms with Crippen molar-refractivity contribution in [2.45, 2.75) is 26.9 Å². The van der Waals surface area contributed by atoms with Crippen LogP contribution in [-0.2, 0) is 17.9 Å². The highest BCUT2D eigenvalue weighted by atomic mass is 16.5. The predicted molar refractivity (Wildman–Crippen MR) is 160 cm³/mol. The molecule has 0 saturated carbocycles. The molecule has 9 nitrogen and oxygen atoms in total. The maximum absolute atomic E-state index is 13.7. The summed E-state index contributed by atoms with van der Waals surface area (Å²) in [5.74, 6) is 1.93. The second kappa shape index (κ2) is 13.4.